The van der Waals surface area contributed by atoms with Gasteiger partial charge >= 0.3 is 0 Å². The number of halogens is 1. The zero-order chi connectivity index (χ0) is 13.2. The molecule has 2 aromatic rings. The Kier molecular flexibility index (Phi) is 3.38. The zero-order valence-electron chi connectivity index (χ0n) is 11.0. The average Bonchev–Trinajstić information content (AvgIpc) is 2.75. The van der Waals surface area contributed by atoms with Gasteiger partial charge in [-0.2, -0.15) is 0 Å². The zero-order valence-corrected chi connectivity index (χ0v) is 11.0. The maximum atomic E-state index is 12.8. The molecular formula is C16H18FNO. The molecule has 19 heavy (non-hydrogen) atoms. The van der Waals surface area contributed by atoms with E-state index in [0.29, 0.717) is 12.0 Å². The van der Waals surface area contributed by atoms with Crippen molar-refractivity contribution in [2.24, 2.45) is 0 Å². The molecule has 0 radical (unpaired) electrons. The van der Waals surface area contributed by atoms with Crippen LogP contribution in [0.2, 0.25) is 0 Å². The second kappa shape index (κ2) is 5.17. The minimum atomic E-state index is -0.161. The van der Waals surface area contributed by atoms with Crippen LogP contribution < -0.4 is 5.32 Å². The second-order valence-corrected chi connectivity index (χ2v) is 5.31. The van der Waals surface area contributed by atoms with Gasteiger partial charge in [0.15, 0.2) is 0 Å². The first-order valence-electron chi connectivity index (χ1n) is 6.75. The van der Waals surface area contributed by atoms with Gasteiger partial charge in [-0.05, 0) is 55.5 Å². The molecule has 1 saturated carbocycles. The maximum absolute atomic E-state index is 12.8. The van der Waals surface area contributed by atoms with Crippen molar-refractivity contribution in [3.63, 3.8) is 0 Å². The molecule has 0 spiro atoms. The molecule has 2 nitrogen and oxygen atoms in total. The van der Waals surface area contributed by atoms with Crippen molar-refractivity contribution in [2.75, 3.05) is 0 Å². The quantitative estimate of drug-likeness (QED) is 0.904. The Hall–Kier alpha value is -1.61. The van der Waals surface area contributed by atoms with Gasteiger partial charge in [-0.15, -0.1) is 0 Å². The number of benzene rings is 1. The van der Waals surface area contributed by atoms with Gasteiger partial charge in [0.25, 0.3) is 0 Å². The summed E-state index contributed by atoms with van der Waals surface area (Å²) >= 11 is 0. The van der Waals surface area contributed by atoms with Gasteiger partial charge in [-0.1, -0.05) is 12.1 Å². The van der Waals surface area contributed by atoms with Gasteiger partial charge in [0.2, 0.25) is 0 Å². The van der Waals surface area contributed by atoms with Crippen molar-refractivity contribution in [2.45, 2.75) is 38.3 Å². The molecule has 3 rings (SSSR count). The van der Waals surface area contributed by atoms with Crippen LogP contribution in [-0.2, 0) is 6.54 Å². The van der Waals surface area contributed by atoms with E-state index in [0.717, 1.165) is 30.9 Å². The van der Waals surface area contributed by atoms with Gasteiger partial charge in [0.05, 0.1) is 6.54 Å². The molecule has 0 bridgehead atoms. The monoisotopic (exact) mass is 259 g/mol. The summed E-state index contributed by atoms with van der Waals surface area (Å²) in [6.07, 6.45) is 2.23. The predicted molar refractivity (Wildman–Crippen MR) is 72.4 cm³/mol. The van der Waals surface area contributed by atoms with Crippen LogP contribution in [0.25, 0.3) is 0 Å². The van der Waals surface area contributed by atoms with Gasteiger partial charge in [-0.25, -0.2) is 4.39 Å². The number of furan rings is 1. The molecule has 0 atom stereocenters. The molecule has 1 heterocycles. The van der Waals surface area contributed by atoms with Crippen molar-refractivity contribution in [3.8, 4) is 0 Å². The molecule has 1 aromatic carbocycles. The first-order chi connectivity index (χ1) is 9.20. The molecule has 1 N–H and O–H groups in total. The lowest BCUT2D eigenvalue weighted by Gasteiger charge is -2.36. The highest BCUT2D eigenvalue weighted by molar-refractivity contribution is 5.23. The molecule has 0 unspecified atom stereocenters. The van der Waals surface area contributed by atoms with E-state index in [9.17, 15) is 4.39 Å². The van der Waals surface area contributed by atoms with E-state index in [1.807, 2.05) is 31.2 Å². The molecule has 0 saturated heterocycles. The lowest BCUT2D eigenvalue weighted by Crippen LogP contribution is -2.39. The Bertz CT molecular complexity index is 540. The first-order valence-corrected chi connectivity index (χ1v) is 6.75. The van der Waals surface area contributed by atoms with Crippen LogP contribution in [0.4, 0.5) is 4.39 Å². The van der Waals surface area contributed by atoms with Crippen LogP contribution in [0.3, 0.4) is 0 Å². The Morgan fingerprint density at radius 2 is 1.89 bits per heavy atom. The molecule has 3 heteroatoms. The summed E-state index contributed by atoms with van der Waals surface area (Å²) in [5, 5.41) is 3.49. The third-order valence-electron chi connectivity index (χ3n) is 3.84. The van der Waals surface area contributed by atoms with Gasteiger partial charge in [-0.3, -0.25) is 0 Å². The van der Waals surface area contributed by atoms with E-state index in [1.165, 1.54) is 5.56 Å². The summed E-state index contributed by atoms with van der Waals surface area (Å²) in [5.74, 6) is 2.35. The molecule has 100 valence electrons. The number of rotatable bonds is 4. The summed E-state index contributed by atoms with van der Waals surface area (Å²) in [7, 11) is 0. The summed E-state index contributed by atoms with van der Waals surface area (Å²) in [6, 6.07) is 11.4. The third kappa shape index (κ3) is 2.87. The van der Waals surface area contributed by atoms with Crippen LogP contribution >= 0.6 is 0 Å². The highest BCUT2D eigenvalue weighted by Gasteiger charge is 2.29. The summed E-state index contributed by atoms with van der Waals surface area (Å²) in [6.45, 7) is 2.74. The molecule has 0 amide bonds. The van der Waals surface area contributed by atoms with Gasteiger partial charge in [0.1, 0.15) is 17.3 Å². The Morgan fingerprint density at radius 1 is 1.16 bits per heavy atom. The average molecular weight is 259 g/mol. The molecule has 1 aromatic heterocycles. The van der Waals surface area contributed by atoms with Gasteiger partial charge in [0, 0.05) is 6.04 Å². The molecule has 0 aliphatic heterocycles. The van der Waals surface area contributed by atoms with E-state index in [-0.39, 0.29) is 5.82 Å². The minimum absolute atomic E-state index is 0.161. The number of hydrogen-bond acceptors (Lipinski definition) is 2. The van der Waals surface area contributed by atoms with E-state index in [1.54, 1.807) is 12.1 Å². The van der Waals surface area contributed by atoms with Crippen molar-refractivity contribution < 1.29 is 8.81 Å². The summed E-state index contributed by atoms with van der Waals surface area (Å²) in [4.78, 5) is 0. The van der Waals surface area contributed by atoms with E-state index in [4.69, 9.17) is 4.42 Å². The van der Waals surface area contributed by atoms with Crippen LogP contribution in [-0.4, -0.2) is 6.04 Å². The SMILES string of the molecule is Cc1ccc(CNC2CC(c3ccc(F)cc3)C2)o1. The predicted octanol–water partition coefficient (Wildman–Crippen LogP) is 3.76. The summed E-state index contributed by atoms with van der Waals surface area (Å²) < 4.78 is 18.4. The van der Waals surface area contributed by atoms with Crippen LogP contribution in [0.15, 0.2) is 40.8 Å². The van der Waals surface area contributed by atoms with Crippen LogP contribution in [0, 0.1) is 12.7 Å². The Morgan fingerprint density at radius 3 is 2.53 bits per heavy atom. The fourth-order valence-electron chi connectivity index (χ4n) is 2.62. The Labute approximate surface area is 112 Å². The number of aryl methyl sites for hydroxylation is 1. The van der Waals surface area contributed by atoms with Crippen molar-refractivity contribution in [3.05, 3.63) is 59.3 Å². The first kappa shape index (κ1) is 12.4. The second-order valence-electron chi connectivity index (χ2n) is 5.31. The third-order valence-corrected chi connectivity index (χ3v) is 3.84. The molecule has 1 aliphatic rings. The van der Waals surface area contributed by atoms with Crippen LogP contribution in [0.1, 0.15) is 35.8 Å². The normalized spacial score (nSPS) is 22.2. The van der Waals surface area contributed by atoms with Crippen molar-refractivity contribution in [1.82, 2.24) is 5.32 Å². The van der Waals surface area contributed by atoms with Crippen LogP contribution in [0.5, 0.6) is 0 Å². The lowest BCUT2D eigenvalue weighted by molar-refractivity contribution is 0.280. The van der Waals surface area contributed by atoms with E-state index < -0.39 is 0 Å². The number of hydrogen-bond donors (Lipinski definition) is 1. The van der Waals surface area contributed by atoms with Crippen molar-refractivity contribution >= 4 is 0 Å². The highest BCUT2D eigenvalue weighted by atomic mass is 19.1. The lowest BCUT2D eigenvalue weighted by atomic mass is 9.76. The fraction of sp³-hybridized carbons (Fsp3) is 0.375. The highest BCUT2D eigenvalue weighted by Crippen LogP contribution is 2.36. The summed E-state index contributed by atoms with van der Waals surface area (Å²) in [5.41, 5.74) is 1.24. The molecule has 1 aliphatic carbocycles. The van der Waals surface area contributed by atoms with Gasteiger partial charge < -0.3 is 9.73 Å². The molecular weight excluding hydrogens is 241 g/mol. The standard InChI is InChI=1S/C16H18FNO/c1-11-2-7-16(19-11)10-18-15-8-13(9-15)12-3-5-14(17)6-4-12/h2-7,13,15,18H,8-10H2,1H3. The Balaban J connectivity index is 1.46. The van der Waals surface area contributed by atoms with E-state index >= 15 is 0 Å². The minimum Gasteiger partial charge on any atom is -0.465 e. The largest absolute Gasteiger partial charge is 0.465 e. The molecule has 1 fully saturated rings. The smallest absolute Gasteiger partial charge is 0.123 e. The number of nitrogens with one attached hydrogen (secondary N) is 1. The fourth-order valence-corrected chi connectivity index (χ4v) is 2.62. The van der Waals surface area contributed by atoms with Crippen molar-refractivity contribution in [1.29, 1.82) is 0 Å². The maximum Gasteiger partial charge on any atom is 0.123 e. The topological polar surface area (TPSA) is 25.2 Å². The van der Waals surface area contributed by atoms with E-state index in [2.05, 4.69) is 5.32 Å².